The van der Waals surface area contributed by atoms with Gasteiger partial charge in [0.25, 0.3) is 5.91 Å². The molecule has 3 rings (SSSR count). The molecular formula is C19H18ClN3O3. The Morgan fingerprint density at radius 3 is 2.50 bits per heavy atom. The van der Waals surface area contributed by atoms with Crippen LogP contribution in [0.1, 0.15) is 18.4 Å². The number of amides is 2. The third kappa shape index (κ3) is 4.21. The number of anilines is 1. The third-order valence-corrected chi connectivity index (χ3v) is 4.23. The Kier molecular flexibility index (Phi) is 5.53. The van der Waals surface area contributed by atoms with Crippen LogP contribution in [0.15, 0.2) is 53.6 Å². The zero-order valence-electron chi connectivity index (χ0n) is 14.2. The van der Waals surface area contributed by atoms with E-state index < -0.39 is 0 Å². The van der Waals surface area contributed by atoms with Crippen molar-refractivity contribution in [3.05, 3.63) is 59.1 Å². The van der Waals surface area contributed by atoms with Crippen molar-refractivity contribution >= 4 is 34.8 Å². The summed E-state index contributed by atoms with van der Waals surface area (Å²) in [6, 6.07) is 14.2. The number of benzene rings is 2. The Balaban J connectivity index is 1.68. The van der Waals surface area contributed by atoms with Crippen molar-refractivity contribution in [3.63, 3.8) is 0 Å². The smallest absolute Gasteiger partial charge is 0.267 e. The molecule has 1 aliphatic heterocycles. The molecule has 0 unspecified atom stereocenters. The molecule has 0 fully saturated rings. The van der Waals surface area contributed by atoms with Crippen LogP contribution < -0.4 is 15.1 Å². The number of rotatable bonds is 5. The molecule has 2 aromatic carbocycles. The second kappa shape index (κ2) is 8.01. The molecule has 0 aromatic heterocycles. The van der Waals surface area contributed by atoms with Crippen LogP contribution in [-0.2, 0) is 16.1 Å². The lowest BCUT2D eigenvalue weighted by Gasteiger charge is -2.23. The first-order valence-corrected chi connectivity index (χ1v) is 8.52. The molecule has 2 aromatic rings. The van der Waals surface area contributed by atoms with Gasteiger partial charge in [-0.3, -0.25) is 9.59 Å². The summed E-state index contributed by atoms with van der Waals surface area (Å²) in [4.78, 5) is 24.5. The van der Waals surface area contributed by atoms with E-state index in [1.807, 2.05) is 24.3 Å². The third-order valence-electron chi connectivity index (χ3n) is 3.98. The van der Waals surface area contributed by atoms with Gasteiger partial charge >= 0.3 is 0 Å². The number of halogens is 1. The molecule has 1 N–H and O–H groups in total. The summed E-state index contributed by atoms with van der Waals surface area (Å²) in [6.07, 6.45) is 0.550. The molecule has 134 valence electrons. The second-order valence-electron chi connectivity index (χ2n) is 5.76. The SMILES string of the molecule is COc1ccc(CNC(=O)C2=NN(c3ccc(Cl)cc3)C(=O)CC2)cc1. The molecule has 0 saturated heterocycles. The van der Waals surface area contributed by atoms with E-state index in [1.165, 1.54) is 5.01 Å². The summed E-state index contributed by atoms with van der Waals surface area (Å²) in [5.41, 5.74) is 1.86. The summed E-state index contributed by atoms with van der Waals surface area (Å²) in [6.45, 7) is 0.372. The fraction of sp³-hybridized carbons (Fsp3) is 0.211. The summed E-state index contributed by atoms with van der Waals surface area (Å²) >= 11 is 5.87. The van der Waals surface area contributed by atoms with Gasteiger partial charge in [-0.25, -0.2) is 5.01 Å². The van der Waals surface area contributed by atoms with E-state index in [-0.39, 0.29) is 18.2 Å². The van der Waals surface area contributed by atoms with Crippen molar-refractivity contribution in [2.45, 2.75) is 19.4 Å². The van der Waals surface area contributed by atoms with Crippen molar-refractivity contribution in [1.29, 1.82) is 0 Å². The van der Waals surface area contributed by atoms with Crippen LogP contribution in [0.2, 0.25) is 5.02 Å². The highest BCUT2D eigenvalue weighted by atomic mass is 35.5. The van der Waals surface area contributed by atoms with Gasteiger partial charge in [-0.05, 0) is 42.0 Å². The molecule has 0 spiro atoms. The zero-order valence-corrected chi connectivity index (χ0v) is 15.0. The van der Waals surface area contributed by atoms with Crippen molar-refractivity contribution in [3.8, 4) is 5.75 Å². The Bertz CT molecular complexity index is 832. The number of hydrazone groups is 1. The fourth-order valence-electron chi connectivity index (χ4n) is 2.53. The van der Waals surface area contributed by atoms with Crippen LogP contribution in [0.3, 0.4) is 0 Å². The van der Waals surface area contributed by atoms with E-state index in [2.05, 4.69) is 10.4 Å². The Morgan fingerprint density at radius 2 is 1.85 bits per heavy atom. The molecule has 26 heavy (non-hydrogen) atoms. The van der Waals surface area contributed by atoms with Gasteiger partial charge < -0.3 is 10.1 Å². The summed E-state index contributed by atoms with van der Waals surface area (Å²) in [7, 11) is 1.60. The van der Waals surface area contributed by atoms with Crippen LogP contribution >= 0.6 is 11.6 Å². The van der Waals surface area contributed by atoms with Crippen LogP contribution in [-0.4, -0.2) is 24.6 Å². The fourth-order valence-corrected chi connectivity index (χ4v) is 2.65. The minimum absolute atomic E-state index is 0.154. The Morgan fingerprint density at radius 1 is 1.15 bits per heavy atom. The summed E-state index contributed by atoms with van der Waals surface area (Å²) in [5.74, 6) is 0.320. The van der Waals surface area contributed by atoms with E-state index in [0.29, 0.717) is 29.4 Å². The molecule has 0 bridgehead atoms. The van der Waals surface area contributed by atoms with E-state index >= 15 is 0 Å². The molecule has 6 nitrogen and oxygen atoms in total. The van der Waals surface area contributed by atoms with E-state index in [0.717, 1.165) is 11.3 Å². The van der Waals surface area contributed by atoms with E-state index in [9.17, 15) is 9.59 Å². The highest BCUT2D eigenvalue weighted by Gasteiger charge is 2.25. The molecule has 0 aliphatic carbocycles. The van der Waals surface area contributed by atoms with Gasteiger partial charge in [-0.1, -0.05) is 23.7 Å². The quantitative estimate of drug-likeness (QED) is 0.877. The van der Waals surface area contributed by atoms with Crippen molar-refractivity contribution in [2.75, 3.05) is 12.1 Å². The van der Waals surface area contributed by atoms with Gasteiger partial charge in [-0.15, -0.1) is 0 Å². The largest absolute Gasteiger partial charge is 0.497 e. The molecule has 0 atom stereocenters. The monoisotopic (exact) mass is 371 g/mol. The first-order chi connectivity index (χ1) is 12.6. The van der Waals surface area contributed by atoms with Crippen LogP contribution in [0.5, 0.6) is 5.75 Å². The van der Waals surface area contributed by atoms with Crippen LogP contribution in [0, 0.1) is 0 Å². The zero-order chi connectivity index (χ0) is 18.5. The lowest BCUT2D eigenvalue weighted by atomic mass is 10.1. The number of nitrogens with zero attached hydrogens (tertiary/aromatic N) is 2. The second-order valence-corrected chi connectivity index (χ2v) is 6.20. The first-order valence-electron chi connectivity index (χ1n) is 8.14. The number of carbonyl (C=O) groups excluding carboxylic acids is 2. The lowest BCUT2D eigenvalue weighted by Crippen LogP contribution is -2.38. The Hall–Kier alpha value is -2.86. The molecule has 0 saturated carbocycles. The van der Waals surface area contributed by atoms with E-state index in [4.69, 9.17) is 16.3 Å². The number of hydrogen-bond donors (Lipinski definition) is 1. The Labute approximate surface area is 156 Å². The van der Waals surface area contributed by atoms with Gasteiger partial charge in [0.05, 0.1) is 12.8 Å². The van der Waals surface area contributed by atoms with Gasteiger partial charge in [0.1, 0.15) is 11.5 Å². The molecule has 0 radical (unpaired) electrons. The minimum atomic E-state index is -0.285. The molecule has 2 amide bonds. The molecular weight excluding hydrogens is 354 g/mol. The predicted octanol–water partition coefficient (Wildman–Crippen LogP) is 3.15. The minimum Gasteiger partial charge on any atom is -0.497 e. The van der Waals surface area contributed by atoms with Gasteiger partial charge in [0.2, 0.25) is 5.91 Å². The van der Waals surface area contributed by atoms with Gasteiger partial charge in [-0.2, -0.15) is 5.10 Å². The molecule has 7 heteroatoms. The maximum absolute atomic E-state index is 12.4. The molecule has 1 heterocycles. The summed E-state index contributed by atoms with van der Waals surface area (Å²) in [5, 5.41) is 8.88. The lowest BCUT2D eigenvalue weighted by molar-refractivity contribution is -0.119. The number of hydrogen-bond acceptors (Lipinski definition) is 4. The molecule has 1 aliphatic rings. The number of methoxy groups -OCH3 is 1. The maximum atomic E-state index is 12.4. The highest BCUT2D eigenvalue weighted by Crippen LogP contribution is 2.22. The normalized spacial score (nSPS) is 14.0. The standard InChI is InChI=1S/C19H18ClN3O3/c1-26-16-8-2-13(3-9-16)12-21-19(25)17-10-11-18(24)23(22-17)15-6-4-14(20)5-7-15/h2-9H,10-12H2,1H3,(H,21,25). The van der Waals surface area contributed by atoms with Crippen molar-refractivity contribution in [2.24, 2.45) is 5.10 Å². The van der Waals surface area contributed by atoms with Crippen molar-refractivity contribution < 1.29 is 14.3 Å². The van der Waals surface area contributed by atoms with Crippen LogP contribution in [0.25, 0.3) is 0 Å². The summed E-state index contributed by atoms with van der Waals surface area (Å²) < 4.78 is 5.11. The van der Waals surface area contributed by atoms with Crippen LogP contribution in [0.4, 0.5) is 5.69 Å². The number of nitrogens with one attached hydrogen (secondary N) is 1. The van der Waals surface area contributed by atoms with Gasteiger partial charge in [0, 0.05) is 24.4 Å². The predicted molar refractivity (Wildman–Crippen MR) is 100 cm³/mol. The van der Waals surface area contributed by atoms with E-state index in [1.54, 1.807) is 31.4 Å². The van der Waals surface area contributed by atoms with Gasteiger partial charge in [0.15, 0.2) is 0 Å². The van der Waals surface area contributed by atoms with Crippen molar-refractivity contribution in [1.82, 2.24) is 5.32 Å². The topological polar surface area (TPSA) is 71.0 Å². The average Bonchev–Trinajstić information content (AvgIpc) is 2.67. The maximum Gasteiger partial charge on any atom is 0.267 e. The first kappa shape index (κ1) is 17.9. The number of ether oxygens (including phenoxy) is 1. The average molecular weight is 372 g/mol. The highest BCUT2D eigenvalue weighted by molar-refractivity contribution is 6.40. The number of carbonyl (C=O) groups is 2.